The molecule has 0 amide bonds. The predicted molar refractivity (Wildman–Crippen MR) is 80.5 cm³/mol. The average Bonchev–Trinajstić information content (AvgIpc) is 2.40. The van der Waals surface area contributed by atoms with Crippen molar-refractivity contribution >= 4 is 10.8 Å². The summed E-state index contributed by atoms with van der Waals surface area (Å²) in [5, 5.41) is 12.4. The lowest BCUT2D eigenvalue weighted by atomic mass is 9.98. The zero-order valence-corrected chi connectivity index (χ0v) is 11.1. The summed E-state index contributed by atoms with van der Waals surface area (Å²) >= 11 is 0. The van der Waals surface area contributed by atoms with Gasteiger partial charge in [-0.2, -0.15) is 0 Å². The van der Waals surface area contributed by atoms with Gasteiger partial charge in [-0.05, 0) is 42.3 Å². The van der Waals surface area contributed by atoms with E-state index in [0.717, 1.165) is 21.9 Å². The van der Waals surface area contributed by atoms with Gasteiger partial charge in [0.05, 0.1) is 0 Å². The van der Waals surface area contributed by atoms with Gasteiger partial charge in [0.2, 0.25) is 0 Å². The Balaban J connectivity index is 2.23. The molecule has 0 aliphatic rings. The number of hydrogen-bond donors (Lipinski definition) is 1. The summed E-state index contributed by atoms with van der Waals surface area (Å²) in [5.41, 5.74) is 4.39. The summed E-state index contributed by atoms with van der Waals surface area (Å²) < 4.78 is 0. The van der Waals surface area contributed by atoms with Crippen molar-refractivity contribution in [3.8, 4) is 16.9 Å². The van der Waals surface area contributed by atoms with Gasteiger partial charge in [0.25, 0.3) is 0 Å². The molecule has 19 heavy (non-hydrogen) atoms. The summed E-state index contributed by atoms with van der Waals surface area (Å²) in [6, 6.07) is 18.4. The summed E-state index contributed by atoms with van der Waals surface area (Å²) in [6.07, 6.45) is 0. The second-order valence-corrected chi connectivity index (χ2v) is 5.09. The maximum Gasteiger partial charge on any atom is 0.124 e. The topological polar surface area (TPSA) is 20.2 Å². The van der Waals surface area contributed by atoms with Gasteiger partial charge in [-0.3, -0.25) is 0 Å². The molecule has 0 saturated heterocycles. The minimum atomic E-state index is 0.334. The molecule has 0 radical (unpaired) electrons. The van der Waals surface area contributed by atoms with E-state index in [-0.39, 0.29) is 0 Å². The molecular weight excluding hydrogens is 232 g/mol. The van der Waals surface area contributed by atoms with E-state index in [1.807, 2.05) is 24.3 Å². The third-order valence-corrected chi connectivity index (χ3v) is 3.47. The van der Waals surface area contributed by atoms with E-state index in [0.29, 0.717) is 5.75 Å². The number of hydrogen-bond acceptors (Lipinski definition) is 1. The molecule has 0 heterocycles. The first-order valence-corrected chi connectivity index (χ1v) is 6.44. The molecule has 0 atom stereocenters. The fourth-order valence-electron chi connectivity index (χ4n) is 2.37. The van der Waals surface area contributed by atoms with Gasteiger partial charge in [0.1, 0.15) is 5.75 Å². The van der Waals surface area contributed by atoms with Crippen molar-refractivity contribution in [2.45, 2.75) is 13.8 Å². The fourth-order valence-corrected chi connectivity index (χ4v) is 2.37. The van der Waals surface area contributed by atoms with Crippen LogP contribution >= 0.6 is 0 Å². The molecule has 3 aromatic rings. The molecule has 0 fully saturated rings. The van der Waals surface area contributed by atoms with E-state index in [1.54, 1.807) is 0 Å². The molecule has 94 valence electrons. The van der Waals surface area contributed by atoms with E-state index >= 15 is 0 Å². The fraction of sp³-hybridized carbons (Fsp3) is 0.111. The van der Waals surface area contributed by atoms with Crippen molar-refractivity contribution in [2.75, 3.05) is 0 Å². The van der Waals surface area contributed by atoms with Crippen LogP contribution < -0.4 is 0 Å². The van der Waals surface area contributed by atoms with Crippen LogP contribution in [0.3, 0.4) is 0 Å². The monoisotopic (exact) mass is 248 g/mol. The van der Waals surface area contributed by atoms with Crippen LogP contribution in [-0.2, 0) is 0 Å². The quantitative estimate of drug-likeness (QED) is 0.654. The average molecular weight is 248 g/mol. The van der Waals surface area contributed by atoms with Crippen molar-refractivity contribution in [1.82, 2.24) is 0 Å². The van der Waals surface area contributed by atoms with Crippen LogP contribution in [0.1, 0.15) is 11.1 Å². The van der Waals surface area contributed by atoms with Gasteiger partial charge in [-0.15, -0.1) is 0 Å². The molecule has 3 rings (SSSR count). The van der Waals surface area contributed by atoms with Crippen LogP contribution in [0.4, 0.5) is 0 Å². The number of benzene rings is 3. The molecule has 1 nitrogen and oxygen atoms in total. The Morgan fingerprint density at radius 3 is 2.11 bits per heavy atom. The van der Waals surface area contributed by atoms with Crippen molar-refractivity contribution in [1.29, 1.82) is 0 Å². The molecule has 0 aliphatic carbocycles. The van der Waals surface area contributed by atoms with E-state index in [9.17, 15) is 5.11 Å². The Labute approximate surface area is 113 Å². The third-order valence-electron chi connectivity index (χ3n) is 3.47. The summed E-state index contributed by atoms with van der Waals surface area (Å²) in [6.45, 7) is 4.14. The second-order valence-electron chi connectivity index (χ2n) is 5.09. The molecule has 0 unspecified atom stereocenters. The highest BCUT2D eigenvalue weighted by Crippen LogP contribution is 2.33. The molecule has 0 saturated carbocycles. The smallest absolute Gasteiger partial charge is 0.124 e. The SMILES string of the molecule is Cc1ccc(-c2cc3cc(C)ccc3cc2O)cc1. The van der Waals surface area contributed by atoms with Crippen LogP contribution in [0.5, 0.6) is 5.75 Å². The number of phenols is 1. The van der Waals surface area contributed by atoms with Crippen molar-refractivity contribution < 1.29 is 5.11 Å². The molecule has 3 aromatic carbocycles. The van der Waals surface area contributed by atoms with Crippen LogP contribution in [0.2, 0.25) is 0 Å². The number of rotatable bonds is 1. The van der Waals surface area contributed by atoms with Crippen LogP contribution in [0.15, 0.2) is 54.6 Å². The van der Waals surface area contributed by atoms with Crippen LogP contribution in [-0.4, -0.2) is 5.11 Å². The predicted octanol–water partition coefficient (Wildman–Crippen LogP) is 4.83. The highest BCUT2D eigenvalue weighted by atomic mass is 16.3. The zero-order valence-electron chi connectivity index (χ0n) is 11.1. The molecule has 1 heteroatoms. The van der Waals surface area contributed by atoms with Gasteiger partial charge < -0.3 is 5.11 Å². The first-order valence-electron chi connectivity index (χ1n) is 6.44. The first kappa shape index (κ1) is 11.8. The Bertz CT molecular complexity index is 739. The number of phenolic OH excluding ortho intramolecular Hbond substituents is 1. The van der Waals surface area contributed by atoms with E-state index in [1.165, 1.54) is 11.1 Å². The van der Waals surface area contributed by atoms with Gasteiger partial charge >= 0.3 is 0 Å². The maximum absolute atomic E-state index is 10.2. The largest absolute Gasteiger partial charge is 0.507 e. The lowest BCUT2D eigenvalue weighted by Crippen LogP contribution is -1.82. The number of aromatic hydroxyl groups is 1. The molecule has 1 N–H and O–H groups in total. The van der Waals surface area contributed by atoms with Gasteiger partial charge in [-0.25, -0.2) is 0 Å². The lowest BCUT2D eigenvalue weighted by molar-refractivity contribution is 0.478. The minimum Gasteiger partial charge on any atom is -0.507 e. The summed E-state index contributed by atoms with van der Waals surface area (Å²) in [4.78, 5) is 0. The van der Waals surface area contributed by atoms with Gasteiger partial charge in [0.15, 0.2) is 0 Å². The van der Waals surface area contributed by atoms with Crippen molar-refractivity contribution in [3.63, 3.8) is 0 Å². The number of fused-ring (bicyclic) bond motifs is 1. The lowest BCUT2D eigenvalue weighted by Gasteiger charge is -2.08. The van der Waals surface area contributed by atoms with Crippen molar-refractivity contribution in [2.24, 2.45) is 0 Å². The Kier molecular flexibility index (Phi) is 2.75. The van der Waals surface area contributed by atoms with E-state index in [4.69, 9.17) is 0 Å². The normalized spacial score (nSPS) is 10.8. The van der Waals surface area contributed by atoms with Gasteiger partial charge in [0, 0.05) is 5.56 Å². The van der Waals surface area contributed by atoms with Crippen LogP contribution in [0.25, 0.3) is 21.9 Å². The second kappa shape index (κ2) is 4.43. The Hall–Kier alpha value is -2.28. The standard InChI is InChI=1S/C18H16O/c1-12-3-6-14(7-4-12)17-10-16-9-13(2)5-8-15(16)11-18(17)19/h3-11,19H,1-2H3. The summed E-state index contributed by atoms with van der Waals surface area (Å²) in [7, 11) is 0. The highest BCUT2D eigenvalue weighted by Gasteiger charge is 2.06. The molecule has 0 bridgehead atoms. The minimum absolute atomic E-state index is 0.334. The van der Waals surface area contributed by atoms with Crippen molar-refractivity contribution in [3.05, 3.63) is 65.7 Å². The van der Waals surface area contributed by atoms with Crippen LogP contribution in [0, 0.1) is 13.8 Å². The summed E-state index contributed by atoms with van der Waals surface area (Å²) in [5.74, 6) is 0.334. The highest BCUT2D eigenvalue weighted by molar-refractivity contribution is 5.91. The molecule has 0 aromatic heterocycles. The van der Waals surface area contributed by atoms with Gasteiger partial charge in [-0.1, -0.05) is 53.6 Å². The molecule has 0 spiro atoms. The third kappa shape index (κ3) is 2.19. The Morgan fingerprint density at radius 2 is 1.37 bits per heavy atom. The first-order chi connectivity index (χ1) is 9.13. The Morgan fingerprint density at radius 1 is 0.684 bits per heavy atom. The molecular formula is C18H16O. The zero-order chi connectivity index (χ0) is 13.4. The maximum atomic E-state index is 10.2. The van der Waals surface area contributed by atoms with E-state index < -0.39 is 0 Å². The number of aryl methyl sites for hydroxylation is 2. The molecule has 0 aliphatic heterocycles. The van der Waals surface area contributed by atoms with E-state index in [2.05, 4.69) is 44.2 Å².